The van der Waals surface area contributed by atoms with E-state index >= 15 is 0 Å². The van der Waals surface area contributed by atoms with E-state index < -0.39 is 0 Å². The van der Waals surface area contributed by atoms with E-state index in [1.165, 1.54) is 16.7 Å². The molecule has 29 heavy (non-hydrogen) atoms. The zero-order chi connectivity index (χ0) is 18.9. The first-order valence-electron chi connectivity index (χ1n) is 9.46. The lowest BCUT2D eigenvalue weighted by atomic mass is 10.0. The summed E-state index contributed by atoms with van der Waals surface area (Å²) in [5.74, 6) is 0.923. The molecule has 0 aliphatic heterocycles. The van der Waals surface area contributed by atoms with E-state index in [1.807, 2.05) is 18.2 Å². The Bertz CT molecular complexity index is 815. The summed E-state index contributed by atoms with van der Waals surface area (Å²) >= 11 is 0. The number of nitrogens with one attached hydrogen (secondary N) is 2. The van der Waals surface area contributed by atoms with E-state index in [1.54, 1.807) is 7.11 Å². The number of ether oxygens (including phenoxy) is 1. The number of methoxy groups -OCH3 is 1. The minimum absolute atomic E-state index is 0. The molecule has 0 aromatic heterocycles. The Morgan fingerprint density at radius 3 is 1.93 bits per heavy atom. The molecule has 3 aromatic carbocycles. The van der Waals surface area contributed by atoms with Crippen molar-refractivity contribution < 1.29 is 4.74 Å². The molecule has 0 radical (unpaired) electrons. The number of hydrogen-bond donors (Lipinski definition) is 2. The van der Waals surface area contributed by atoms with Crippen LogP contribution >= 0.6 is 24.8 Å². The molecule has 156 valence electrons. The Labute approximate surface area is 186 Å². The monoisotopic (exact) mass is 432 g/mol. The molecule has 2 atom stereocenters. The van der Waals surface area contributed by atoms with Crippen LogP contribution in [0.1, 0.15) is 35.7 Å². The molecule has 3 nitrogen and oxygen atoms in total. The van der Waals surface area contributed by atoms with Gasteiger partial charge in [-0.1, -0.05) is 78.9 Å². The zero-order valence-corrected chi connectivity index (χ0v) is 18.5. The Hall–Kier alpha value is -2.04. The fraction of sp³-hybridized carbons (Fsp3) is 0.250. The summed E-state index contributed by atoms with van der Waals surface area (Å²) in [6, 6.07) is 29.8. The predicted octanol–water partition coefficient (Wildman–Crippen LogP) is 5.72. The lowest BCUT2D eigenvalue weighted by Gasteiger charge is -2.25. The molecule has 0 saturated carbocycles. The minimum Gasteiger partial charge on any atom is -0.496 e. The molecular formula is C24H30Cl2N2O. The molecule has 0 fully saturated rings. The highest BCUT2D eigenvalue weighted by Crippen LogP contribution is 2.20. The van der Waals surface area contributed by atoms with Crippen molar-refractivity contribution in [2.75, 3.05) is 13.7 Å². The summed E-state index contributed by atoms with van der Waals surface area (Å²) in [5.41, 5.74) is 3.75. The fourth-order valence-corrected chi connectivity index (χ4v) is 3.30. The maximum Gasteiger partial charge on any atom is 0.123 e. The Morgan fingerprint density at radius 2 is 1.31 bits per heavy atom. The summed E-state index contributed by atoms with van der Waals surface area (Å²) in [6.07, 6.45) is 0. The van der Waals surface area contributed by atoms with Crippen LogP contribution in [0.25, 0.3) is 0 Å². The lowest BCUT2D eigenvalue weighted by Crippen LogP contribution is -2.33. The van der Waals surface area contributed by atoms with E-state index in [2.05, 4.69) is 84.3 Å². The first kappa shape index (κ1) is 25.0. The lowest BCUT2D eigenvalue weighted by molar-refractivity contribution is 0.403. The van der Waals surface area contributed by atoms with Crippen LogP contribution in [-0.2, 0) is 6.54 Å². The Kier molecular flexibility index (Phi) is 11.4. The molecule has 0 amide bonds. The highest BCUT2D eigenvalue weighted by molar-refractivity contribution is 5.85. The molecular weight excluding hydrogens is 403 g/mol. The summed E-state index contributed by atoms with van der Waals surface area (Å²) < 4.78 is 5.45. The van der Waals surface area contributed by atoms with Crippen LogP contribution in [0.2, 0.25) is 0 Å². The van der Waals surface area contributed by atoms with Gasteiger partial charge in [-0.15, -0.1) is 24.8 Å². The van der Waals surface area contributed by atoms with Crippen molar-refractivity contribution in [3.63, 3.8) is 0 Å². The number of benzene rings is 3. The number of halogens is 2. The van der Waals surface area contributed by atoms with E-state index in [0.717, 1.165) is 18.8 Å². The van der Waals surface area contributed by atoms with Crippen molar-refractivity contribution >= 4 is 24.8 Å². The third-order valence-corrected chi connectivity index (χ3v) is 4.81. The van der Waals surface area contributed by atoms with Crippen LogP contribution in [0.5, 0.6) is 5.75 Å². The van der Waals surface area contributed by atoms with Crippen molar-refractivity contribution in [1.82, 2.24) is 10.6 Å². The van der Waals surface area contributed by atoms with Crippen molar-refractivity contribution in [1.29, 1.82) is 0 Å². The summed E-state index contributed by atoms with van der Waals surface area (Å²) in [7, 11) is 1.72. The second-order valence-electron chi connectivity index (χ2n) is 6.71. The smallest absolute Gasteiger partial charge is 0.123 e. The maximum absolute atomic E-state index is 5.45. The fourth-order valence-electron chi connectivity index (χ4n) is 3.30. The minimum atomic E-state index is 0. The van der Waals surface area contributed by atoms with Gasteiger partial charge in [-0.3, -0.25) is 0 Å². The highest BCUT2D eigenvalue weighted by Gasteiger charge is 2.15. The average molecular weight is 433 g/mol. The van der Waals surface area contributed by atoms with Gasteiger partial charge in [0, 0.05) is 30.7 Å². The topological polar surface area (TPSA) is 33.3 Å². The Morgan fingerprint density at radius 1 is 0.759 bits per heavy atom. The average Bonchev–Trinajstić information content (AvgIpc) is 2.74. The first-order valence-corrected chi connectivity index (χ1v) is 9.46. The molecule has 2 N–H and O–H groups in total. The van der Waals surface area contributed by atoms with Gasteiger partial charge in [0.1, 0.15) is 5.75 Å². The predicted molar refractivity (Wildman–Crippen MR) is 126 cm³/mol. The van der Waals surface area contributed by atoms with Crippen molar-refractivity contribution in [3.8, 4) is 5.75 Å². The van der Waals surface area contributed by atoms with Crippen LogP contribution in [0.4, 0.5) is 0 Å². The number of rotatable bonds is 9. The summed E-state index contributed by atoms with van der Waals surface area (Å²) in [4.78, 5) is 0. The SMILES string of the molecule is COc1ccccc1CNCC(NC(C)c1ccccc1)c1ccccc1.Cl.Cl. The molecule has 5 heteroatoms. The molecule has 0 heterocycles. The third kappa shape index (κ3) is 7.37. The van der Waals surface area contributed by atoms with Crippen molar-refractivity contribution in [3.05, 3.63) is 102 Å². The van der Waals surface area contributed by atoms with Gasteiger partial charge in [0.25, 0.3) is 0 Å². The summed E-state index contributed by atoms with van der Waals surface area (Å²) in [5, 5.41) is 7.36. The van der Waals surface area contributed by atoms with Crippen LogP contribution in [-0.4, -0.2) is 13.7 Å². The zero-order valence-electron chi connectivity index (χ0n) is 16.9. The van der Waals surface area contributed by atoms with Crippen molar-refractivity contribution in [2.24, 2.45) is 0 Å². The second kappa shape index (κ2) is 13.2. The third-order valence-electron chi connectivity index (χ3n) is 4.81. The molecule has 2 unspecified atom stereocenters. The molecule has 3 aromatic rings. The normalized spacial score (nSPS) is 12.2. The standard InChI is InChI=1S/C24H28N2O.2ClH/c1-19(20-11-5-3-6-12-20)26-23(21-13-7-4-8-14-21)18-25-17-22-15-9-10-16-24(22)27-2;;/h3-16,19,23,25-26H,17-18H2,1-2H3;2*1H. The van der Waals surface area contributed by atoms with Crippen LogP contribution in [0, 0.1) is 0 Å². The van der Waals surface area contributed by atoms with Crippen LogP contribution < -0.4 is 15.4 Å². The molecule has 0 saturated heterocycles. The number of para-hydroxylation sites is 1. The van der Waals surface area contributed by atoms with Gasteiger partial charge in [-0.05, 0) is 24.1 Å². The van der Waals surface area contributed by atoms with Crippen molar-refractivity contribution in [2.45, 2.75) is 25.6 Å². The van der Waals surface area contributed by atoms with Gasteiger partial charge in [0.05, 0.1) is 7.11 Å². The largest absolute Gasteiger partial charge is 0.496 e. The van der Waals surface area contributed by atoms with E-state index in [-0.39, 0.29) is 36.9 Å². The van der Waals surface area contributed by atoms with Gasteiger partial charge in [-0.25, -0.2) is 0 Å². The van der Waals surface area contributed by atoms with E-state index in [4.69, 9.17) is 4.74 Å². The quantitative estimate of drug-likeness (QED) is 0.453. The molecule has 0 bridgehead atoms. The first-order chi connectivity index (χ1) is 13.3. The molecule has 0 aliphatic rings. The van der Waals surface area contributed by atoms with Crippen LogP contribution in [0.15, 0.2) is 84.9 Å². The molecule has 0 spiro atoms. The van der Waals surface area contributed by atoms with Gasteiger partial charge in [-0.2, -0.15) is 0 Å². The number of hydrogen-bond acceptors (Lipinski definition) is 3. The Balaban J connectivity index is 0.00000210. The van der Waals surface area contributed by atoms with Gasteiger partial charge < -0.3 is 15.4 Å². The second-order valence-corrected chi connectivity index (χ2v) is 6.71. The highest BCUT2D eigenvalue weighted by atomic mass is 35.5. The van der Waals surface area contributed by atoms with Gasteiger partial charge in [0.15, 0.2) is 0 Å². The maximum atomic E-state index is 5.45. The van der Waals surface area contributed by atoms with Gasteiger partial charge >= 0.3 is 0 Å². The van der Waals surface area contributed by atoms with Gasteiger partial charge in [0.2, 0.25) is 0 Å². The van der Waals surface area contributed by atoms with E-state index in [0.29, 0.717) is 0 Å². The van der Waals surface area contributed by atoms with E-state index in [9.17, 15) is 0 Å². The molecule has 0 aliphatic carbocycles. The summed E-state index contributed by atoms with van der Waals surface area (Å²) in [6.45, 7) is 3.82. The molecule has 3 rings (SSSR count). The van der Waals surface area contributed by atoms with Crippen LogP contribution in [0.3, 0.4) is 0 Å².